The van der Waals surface area contributed by atoms with Crippen LogP contribution in [-0.4, -0.2) is 11.2 Å². The number of hydrogen-bond donors (Lipinski definition) is 1. The highest BCUT2D eigenvalue weighted by molar-refractivity contribution is 7.09. The van der Waals surface area contributed by atoms with Gasteiger partial charge in [0.2, 0.25) is 0 Å². The molecule has 1 heterocycles. The Kier molecular flexibility index (Phi) is 4.15. The minimum Gasteiger partial charge on any atom is -0.392 e. The van der Waals surface area contributed by atoms with Crippen LogP contribution >= 0.6 is 22.9 Å². The first-order valence-electron chi connectivity index (χ1n) is 5.30. The average molecular weight is 271 g/mol. The Balaban J connectivity index is 2.03. The van der Waals surface area contributed by atoms with Gasteiger partial charge in [0.25, 0.3) is 0 Å². The second-order valence-corrected chi connectivity index (χ2v) is 5.29. The van der Waals surface area contributed by atoms with Crippen molar-refractivity contribution in [2.45, 2.75) is 18.9 Å². The van der Waals surface area contributed by atoms with Crippen molar-refractivity contribution in [3.8, 4) is 0 Å². The van der Waals surface area contributed by atoms with Crippen LogP contribution < -0.4 is 0 Å². The molecule has 1 N–H and O–H groups in total. The lowest BCUT2D eigenvalue weighted by Gasteiger charge is -2.10. The molecule has 17 heavy (non-hydrogen) atoms. The van der Waals surface area contributed by atoms with E-state index in [1.807, 2.05) is 17.5 Å². The van der Waals surface area contributed by atoms with Gasteiger partial charge < -0.3 is 5.11 Å². The Hall–Kier alpha value is -0.900. The number of aliphatic hydroxyl groups excluding tert-OH is 1. The zero-order valence-electron chi connectivity index (χ0n) is 9.07. The third-order valence-electron chi connectivity index (χ3n) is 2.50. The Bertz CT molecular complexity index is 484. The van der Waals surface area contributed by atoms with Crippen LogP contribution in [0.3, 0.4) is 0 Å². The van der Waals surface area contributed by atoms with E-state index in [0.29, 0.717) is 12.0 Å². The summed E-state index contributed by atoms with van der Waals surface area (Å²) in [5.74, 6) is -0.431. The molecule has 0 radical (unpaired) electrons. The molecule has 0 spiro atoms. The Morgan fingerprint density at radius 3 is 2.76 bits per heavy atom. The van der Waals surface area contributed by atoms with Gasteiger partial charge in [-0.3, -0.25) is 0 Å². The van der Waals surface area contributed by atoms with Gasteiger partial charge >= 0.3 is 0 Å². The summed E-state index contributed by atoms with van der Waals surface area (Å²) in [5.41, 5.74) is 0.460. The maximum absolute atomic E-state index is 13.6. The molecule has 1 atom stereocenters. The van der Waals surface area contributed by atoms with Crippen LogP contribution in [0.1, 0.15) is 10.4 Å². The molecule has 0 saturated carbocycles. The van der Waals surface area contributed by atoms with Crippen LogP contribution in [0, 0.1) is 5.82 Å². The van der Waals surface area contributed by atoms with Crippen molar-refractivity contribution in [2.24, 2.45) is 0 Å². The van der Waals surface area contributed by atoms with Gasteiger partial charge in [0, 0.05) is 17.7 Å². The van der Waals surface area contributed by atoms with E-state index in [9.17, 15) is 9.50 Å². The van der Waals surface area contributed by atoms with Crippen LogP contribution in [-0.2, 0) is 12.8 Å². The fourth-order valence-corrected chi connectivity index (χ4v) is 2.66. The first-order chi connectivity index (χ1) is 8.16. The summed E-state index contributed by atoms with van der Waals surface area (Å²) in [4.78, 5) is 1.10. The SMILES string of the molecule is OC(Cc1cccs1)Cc1cccc(Cl)c1F. The number of benzene rings is 1. The fourth-order valence-electron chi connectivity index (χ4n) is 1.69. The summed E-state index contributed by atoms with van der Waals surface area (Å²) in [6, 6.07) is 8.75. The summed E-state index contributed by atoms with van der Waals surface area (Å²) in [5, 5.41) is 11.9. The van der Waals surface area contributed by atoms with Crippen molar-refractivity contribution in [3.63, 3.8) is 0 Å². The molecule has 0 bridgehead atoms. The minimum absolute atomic E-state index is 0.103. The lowest BCUT2D eigenvalue weighted by atomic mass is 10.0. The first kappa shape index (κ1) is 12.6. The minimum atomic E-state index is -0.582. The van der Waals surface area contributed by atoms with E-state index in [0.717, 1.165) is 4.88 Å². The van der Waals surface area contributed by atoms with Gasteiger partial charge in [0.1, 0.15) is 5.82 Å². The lowest BCUT2D eigenvalue weighted by Crippen LogP contribution is -2.14. The normalized spacial score (nSPS) is 12.6. The summed E-state index contributed by atoms with van der Waals surface area (Å²) >= 11 is 7.27. The fraction of sp³-hybridized carbons (Fsp3) is 0.231. The molecule has 1 nitrogen and oxygen atoms in total. The second kappa shape index (κ2) is 5.63. The van der Waals surface area contributed by atoms with Crippen molar-refractivity contribution < 1.29 is 9.50 Å². The van der Waals surface area contributed by atoms with E-state index < -0.39 is 11.9 Å². The largest absolute Gasteiger partial charge is 0.392 e. The van der Waals surface area contributed by atoms with Gasteiger partial charge in [-0.05, 0) is 23.1 Å². The molecule has 0 aliphatic rings. The molecule has 2 rings (SSSR count). The number of thiophene rings is 1. The molecule has 1 unspecified atom stereocenters. The first-order valence-corrected chi connectivity index (χ1v) is 6.56. The van der Waals surface area contributed by atoms with Crippen molar-refractivity contribution >= 4 is 22.9 Å². The Morgan fingerprint density at radius 2 is 2.06 bits per heavy atom. The standard InChI is InChI=1S/C13H12ClFOS/c14-12-5-1-3-9(13(12)15)7-10(16)8-11-4-2-6-17-11/h1-6,10,16H,7-8H2. The topological polar surface area (TPSA) is 20.2 Å². The third kappa shape index (κ3) is 3.28. The summed E-state index contributed by atoms with van der Waals surface area (Å²) < 4.78 is 13.6. The number of rotatable bonds is 4. The molecule has 0 aliphatic carbocycles. The molecule has 0 fully saturated rings. The van der Waals surface area contributed by atoms with Crippen molar-refractivity contribution in [2.75, 3.05) is 0 Å². The highest BCUT2D eigenvalue weighted by Gasteiger charge is 2.12. The smallest absolute Gasteiger partial charge is 0.145 e. The molecular weight excluding hydrogens is 259 g/mol. The van der Waals surface area contributed by atoms with E-state index in [-0.39, 0.29) is 11.4 Å². The number of aliphatic hydroxyl groups is 1. The molecule has 0 saturated heterocycles. The van der Waals surface area contributed by atoms with Gasteiger partial charge in [0.15, 0.2) is 0 Å². The van der Waals surface area contributed by atoms with Crippen molar-refractivity contribution in [3.05, 3.63) is 57.0 Å². The van der Waals surface area contributed by atoms with Gasteiger partial charge in [-0.1, -0.05) is 29.8 Å². The highest BCUT2D eigenvalue weighted by atomic mass is 35.5. The van der Waals surface area contributed by atoms with Gasteiger partial charge in [-0.25, -0.2) is 4.39 Å². The average Bonchev–Trinajstić information content (AvgIpc) is 2.77. The van der Waals surface area contributed by atoms with E-state index in [4.69, 9.17) is 11.6 Å². The maximum atomic E-state index is 13.6. The molecule has 1 aromatic heterocycles. The number of halogens is 2. The monoisotopic (exact) mass is 270 g/mol. The van der Waals surface area contributed by atoms with Gasteiger partial charge in [-0.2, -0.15) is 0 Å². The lowest BCUT2D eigenvalue weighted by molar-refractivity contribution is 0.175. The van der Waals surface area contributed by atoms with E-state index >= 15 is 0 Å². The van der Waals surface area contributed by atoms with Crippen LogP contribution in [0.4, 0.5) is 4.39 Å². The van der Waals surface area contributed by atoms with E-state index in [1.54, 1.807) is 23.5 Å². The zero-order chi connectivity index (χ0) is 12.3. The summed E-state index contributed by atoms with van der Waals surface area (Å²) in [7, 11) is 0. The van der Waals surface area contributed by atoms with Gasteiger partial charge in [-0.15, -0.1) is 11.3 Å². The van der Waals surface area contributed by atoms with Crippen molar-refractivity contribution in [1.82, 2.24) is 0 Å². The molecule has 1 aromatic carbocycles. The van der Waals surface area contributed by atoms with Crippen LogP contribution in [0.25, 0.3) is 0 Å². The molecule has 90 valence electrons. The molecule has 0 amide bonds. The predicted octanol–water partition coefficient (Wildman–Crippen LogP) is 3.69. The van der Waals surface area contributed by atoms with Crippen molar-refractivity contribution in [1.29, 1.82) is 0 Å². The third-order valence-corrected chi connectivity index (χ3v) is 3.69. The summed E-state index contributed by atoms with van der Waals surface area (Å²) in [6.07, 6.45) is 0.245. The second-order valence-electron chi connectivity index (χ2n) is 3.85. The maximum Gasteiger partial charge on any atom is 0.145 e. The van der Waals surface area contributed by atoms with E-state index in [1.165, 1.54) is 6.07 Å². The molecular formula is C13H12ClFOS. The molecule has 4 heteroatoms. The van der Waals surface area contributed by atoms with Gasteiger partial charge in [0.05, 0.1) is 11.1 Å². The van der Waals surface area contributed by atoms with E-state index in [2.05, 4.69) is 0 Å². The van der Waals surface area contributed by atoms with Crippen LogP contribution in [0.15, 0.2) is 35.7 Å². The molecule has 2 aromatic rings. The highest BCUT2D eigenvalue weighted by Crippen LogP contribution is 2.20. The zero-order valence-corrected chi connectivity index (χ0v) is 10.6. The van der Waals surface area contributed by atoms with Crippen LogP contribution in [0.5, 0.6) is 0 Å². The molecule has 0 aliphatic heterocycles. The quantitative estimate of drug-likeness (QED) is 0.898. The number of hydrogen-bond acceptors (Lipinski definition) is 2. The Morgan fingerprint density at radius 1 is 1.24 bits per heavy atom. The van der Waals surface area contributed by atoms with Crippen LogP contribution in [0.2, 0.25) is 5.02 Å². The predicted molar refractivity (Wildman–Crippen MR) is 69.1 cm³/mol. The Labute approximate surface area is 108 Å². The summed E-state index contributed by atoms with van der Waals surface area (Å²) in [6.45, 7) is 0.